The average molecular weight is 218 g/mol. The molecule has 3 nitrogen and oxygen atoms in total. The van der Waals surface area contributed by atoms with Gasteiger partial charge in [0.1, 0.15) is 5.75 Å². The van der Waals surface area contributed by atoms with Crippen LogP contribution in [0.1, 0.15) is 29.7 Å². The Labute approximate surface area is 95.3 Å². The molecule has 4 N–H and O–H groups in total. The molecule has 16 heavy (non-hydrogen) atoms. The van der Waals surface area contributed by atoms with Crippen LogP contribution in [0, 0.1) is 13.8 Å². The van der Waals surface area contributed by atoms with Gasteiger partial charge in [-0.3, -0.25) is 0 Å². The molecule has 0 radical (unpaired) electrons. The topological polar surface area (TPSA) is 62.0 Å². The van der Waals surface area contributed by atoms with E-state index in [0.717, 1.165) is 22.2 Å². The van der Waals surface area contributed by atoms with E-state index < -0.39 is 0 Å². The highest BCUT2D eigenvalue weighted by Crippen LogP contribution is 2.35. The van der Waals surface area contributed by atoms with Crippen LogP contribution in [0.3, 0.4) is 0 Å². The van der Waals surface area contributed by atoms with E-state index in [9.17, 15) is 5.11 Å². The van der Waals surface area contributed by atoms with E-state index in [0.29, 0.717) is 12.3 Å². The Morgan fingerprint density at radius 1 is 1.38 bits per heavy atom. The maximum absolute atomic E-state index is 9.97. The van der Waals surface area contributed by atoms with Crippen LogP contribution in [-0.2, 0) is 0 Å². The fraction of sp³-hybridized carbons (Fsp3) is 0.385. The highest BCUT2D eigenvalue weighted by atomic mass is 16.3. The number of hydrogen-bond acceptors (Lipinski definition) is 2. The Bertz CT molecular complexity index is 528. The van der Waals surface area contributed by atoms with Crippen molar-refractivity contribution in [1.82, 2.24) is 4.98 Å². The predicted molar refractivity (Wildman–Crippen MR) is 66.9 cm³/mol. The summed E-state index contributed by atoms with van der Waals surface area (Å²) in [6.07, 6.45) is 0. The molecular weight excluding hydrogens is 200 g/mol. The molecule has 0 aliphatic heterocycles. The van der Waals surface area contributed by atoms with E-state index >= 15 is 0 Å². The molecule has 0 amide bonds. The molecule has 0 spiro atoms. The van der Waals surface area contributed by atoms with Crippen molar-refractivity contribution in [2.45, 2.75) is 26.7 Å². The third kappa shape index (κ3) is 1.48. The van der Waals surface area contributed by atoms with Gasteiger partial charge in [0, 0.05) is 22.2 Å². The van der Waals surface area contributed by atoms with Gasteiger partial charge in [0.25, 0.3) is 0 Å². The zero-order valence-electron chi connectivity index (χ0n) is 9.96. The van der Waals surface area contributed by atoms with Crippen LogP contribution in [0.2, 0.25) is 0 Å². The minimum atomic E-state index is 0.164. The smallest absolute Gasteiger partial charge is 0.119 e. The molecule has 2 aromatic rings. The molecule has 1 atom stereocenters. The predicted octanol–water partition coefficient (Wildman–Crippen LogP) is 2.55. The second-order valence-corrected chi connectivity index (χ2v) is 4.43. The van der Waals surface area contributed by atoms with Gasteiger partial charge in [-0.25, -0.2) is 0 Å². The zero-order valence-corrected chi connectivity index (χ0v) is 9.96. The summed E-state index contributed by atoms with van der Waals surface area (Å²) in [7, 11) is 0. The molecule has 1 aromatic carbocycles. The Morgan fingerprint density at radius 2 is 2.06 bits per heavy atom. The minimum absolute atomic E-state index is 0.164. The summed E-state index contributed by atoms with van der Waals surface area (Å²) in [5.41, 5.74) is 10.1. The number of aryl methyl sites for hydroxylation is 2. The van der Waals surface area contributed by atoms with Gasteiger partial charge in [-0.05, 0) is 44.0 Å². The maximum atomic E-state index is 9.97. The van der Waals surface area contributed by atoms with Crippen molar-refractivity contribution in [3.05, 3.63) is 29.0 Å². The molecular formula is C13H18N2O. The molecule has 3 heteroatoms. The van der Waals surface area contributed by atoms with Gasteiger partial charge in [-0.15, -0.1) is 0 Å². The number of H-pyrrole nitrogens is 1. The first kappa shape index (κ1) is 11.0. The quantitative estimate of drug-likeness (QED) is 0.725. The Kier molecular flexibility index (Phi) is 2.64. The van der Waals surface area contributed by atoms with E-state index in [4.69, 9.17) is 5.73 Å². The first-order valence-corrected chi connectivity index (χ1v) is 5.57. The van der Waals surface area contributed by atoms with Crippen molar-refractivity contribution in [1.29, 1.82) is 0 Å². The minimum Gasteiger partial charge on any atom is -0.508 e. The van der Waals surface area contributed by atoms with Crippen LogP contribution in [0.15, 0.2) is 12.1 Å². The highest BCUT2D eigenvalue weighted by Gasteiger charge is 2.16. The highest BCUT2D eigenvalue weighted by molar-refractivity contribution is 5.90. The number of phenols is 1. The molecule has 0 saturated carbocycles. The molecule has 0 bridgehead atoms. The van der Waals surface area contributed by atoms with Gasteiger partial charge in [0.2, 0.25) is 0 Å². The number of nitrogens with two attached hydrogens (primary N) is 1. The van der Waals surface area contributed by atoms with Crippen LogP contribution in [0.4, 0.5) is 0 Å². The Balaban J connectivity index is 2.82. The fourth-order valence-corrected chi connectivity index (χ4v) is 2.22. The van der Waals surface area contributed by atoms with Gasteiger partial charge in [0.15, 0.2) is 0 Å². The first-order chi connectivity index (χ1) is 7.56. The number of rotatable bonds is 2. The third-order valence-corrected chi connectivity index (χ3v) is 3.33. The summed E-state index contributed by atoms with van der Waals surface area (Å²) in [6, 6.07) is 3.65. The molecule has 1 aromatic heterocycles. The van der Waals surface area contributed by atoms with Crippen LogP contribution in [-0.4, -0.2) is 16.6 Å². The standard InChI is InChI=1S/C13H18N2O/c1-7(6-14)12-11(16)5-4-10-13(12)8(2)9(3)15-10/h4-5,7,15-16H,6,14H2,1-3H3. The van der Waals surface area contributed by atoms with Crippen molar-refractivity contribution in [2.24, 2.45) is 5.73 Å². The fourth-order valence-electron chi connectivity index (χ4n) is 2.22. The number of nitrogens with one attached hydrogen (secondary N) is 1. The monoisotopic (exact) mass is 218 g/mol. The van der Waals surface area contributed by atoms with Crippen LogP contribution >= 0.6 is 0 Å². The number of phenolic OH excluding ortho intramolecular Hbond substituents is 1. The number of fused-ring (bicyclic) bond motifs is 1. The van der Waals surface area contributed by atoms with Gasteiger partial charge in [-0.2, -0.15) is 0 Å². The zero-order chi connectivity index (χ0) is 11.9. The summed E-state index contributed by atoms with van der Waals surface area (Å²) < 4.78 is 0. The number of aromatic nitrogens is 1. The number of aromatic amines is 1. The summed E-state index contributed by atoms with van der Waals surface area (Å²) in [4.78, 5) is 3.32. The Hall–Kier alpha value is -1.48. The third-order valence-electron chi connectivity index (χ3n) is 3.33. The average Bonchev–Trinajstić information content (AvgIpc) is 2.55. The summed E-state index contributed by atoms with van der Waals surface area (Å²) in [6.45, 7) is 6.69. The molecule has 1 unspecified atom stereocenters. The lowest BCUT2D eigenvalue weighted by Crippen LogP contribution is -2.09. The van der Waals surface area contributed by atoms with E-state index in [2.05, 4.69) is 11.9 Å². The van der Waals surface area contributed by atoms with Gasteiger partial charge in [0.05, 0.1) is 0 Å². The SMILES string of the molecule is Cc1[nH]c2ccc(O)c(C(C)CN)c2c1C. The van der Waals surface area contributed by atoms with Crippen molar-refractivity contribution in [2.75, 3.05) is 6.54 Å². The van der Waals surface area contributed by atoms with Crippen molar-refractivity contribution in [3.63, 3.8) is 0 Å². The van der Waals surface area contributed by atoms with Crippen molar-refractivity contribution in [3.8, 4) is 5.75 Å². The Morgan fingerprint density at radius 3 is 2.69 bits per heavy atom. The number of hydrogen-bond donors (Lipinski definition) is 3. The van der Waals surface area contributed by atoms with E-state index in [1.165, 1.54) is 5.56 Å². The van der Waals surface area contributed by atoms with Gasteiger partial charge < -0.3 is 15.8 Å². The lowest BCUT2D eigenvalue weighted by Gasteiger charge is -2.13. The molecule has 0 aliphatic rings. The molecule has 1 heterocycles. The van der Waals surface area contributed by atoms with E-state index in [1.807, 2.05) is 19.9 Å². The molecule has 2 rings (SSSR count). The largest absolute Gasteiger partial charge is 0.508 e. The number of benzene rings is 1. The van der Waals surface area contributed by atoms with Crippen LogP contribution in [0.5, 0.6) is 5.75 Å². The van der Waals surface area contributed by atoms with Gasteiger partial charge >= 0.3 is 0 Å². The van der Waals surface area contributed by atoms with Gasteiger partial charge in [-0.1, -0.05) is 6.92 Å². The lowest BCUT2D eigenvalue weighted by molar-refractivity contribution is 0.465. The molecule has 86 valence electrons. The van der Waals surface area contributed by atoms with E-state index in [1.54, 1.807) is 6.07 Å². The normalized spacial score (nSPS) is 13.2. The van der Waals surface area contributed by atoms with Crippen molar-refractivity contribution < 1.29 is 5.11 Å². The molecule has 0 aliphatic carbocycles. The van der Waals surface area contributed by atoms with E-state index in [-0.39, 0.29) is 5.92 Å². The number of aromatic hydroxyl groups is 1. The molecule has 0 fully saturated rings. The van der Waals surface area contributed by atoms with Crippen LogP contribution < -0.4 is 5.73 Å². The second-order valence-electron chi connectivity index (χ2n) is 4.43. The lowest BCUT2D eigenvalue weighted by atomic mass is 9.94. The summed E-state index contributed by atoms with van der Waals surface area (Å²) >= 11 is 0. The summed E-state index contributed by atoms with van der Waals surface area (Å²) in [5, 5.41) is 11.1. The van der Waals surface area contributed by atoms with Crippen LogP contribution in [0.25, 0.3) is 10.9 Å². The van der Waals surface area contributed by atoms with Crippen molar-refractivity contribution >= 4 is 10.9 Å². The molecule has 0 saturated heterocycles. The maximum Gasteiger partial charge on any atom is 0.119 e. The second kappa shape index (κ2) is 3.83. The first-order valence-electron chi connectivity index (χ1n) is 5.57. The summed E-state index contributed by atoms with van der Waals surface area (Å²) in [5.74, 6) is 0.505.